The minimum atomic E-state index is -0.841. The van der Waals surface area contributed by atoms with E-state index >= 15 is 0 Å². The van der Waals surface area contributed by atoms with Crippen LogP contribution in [0.25, 0.3) is 0 Å². The van der Waals surface area contributed by atoms with Crippen molar-refractivity contribution in [1.29, 1.82) is 0 Å². The van der Waals surface area contributed by atoms with Crippen molar-refractivity contribution in [3.8, 4) is 0 Å². The topological polar surface area (TPSA) is 66.4 Å². The molecule has 1 fully saturated rings. The molecule has 1 rings (SSSR count). The van der Waals surface area contributed by atoms with Crippen molar-refractivity contribution < 1.29 is 14.7 Å². The molecule has 0 spiro atoms. The van der Waals surface area contributed by atoms with Gasteiger partial charge in [0.2, 0.25) is 5.91 Å². The largest absolute Gasteiger partial charge is 0.481 e. The third-order valence-corrected chi connectivity index (χ3v) is 4.09. The Balaban J connectivity index is 2.58. The molecule has 98 valence electrons. The van der Waals surface area contributed by atoms with Crippen molar-refractivity contribution >= 4 is 23.6 Å². The summed E-state index contributed by atoms with van der Waals surface area (Å²) in [7, 11) is 0. The van der Waals surface area contributed by atoms with Crippen LogP contribution in [0.5, 0.6) is 0 Å². The van der Waals surface area contributed by atoms with E-state index in [4.69, 9.17) is 5.11 Å². The molecule has 0 aliphatic heterocycles. The molecule has 0 bridgehead atoms. The zero-order chi connectivity index (χ0) is 13.0. The van der Waals surface area contributed by atoms with Crippen LogP contribution in [0.15, 0.2) is 0 Å². The maximum absolute atomic E-state index is 12.0. The molecule has 0 aromatic carbocycles. The van der Waals surface area contributed by atoms with Crippen LogP contribution in [0.1, 0.15) is 26.7 Å². The second-order valence-electron chi connectivity index (χ2n) is 4.99. The summed E-state index contributed by atoms with van der Waals surface area (Å²) in [6.45, 7) is 3.96. The highest BCUT2D eigenvalue weighted by Crippen LogP contribution is 2.36. The number of nitrogens with one attached hydrogen (secondary N) is 1. The maximum atomic E-state index is 12.0. The predicted octanol–water partition coefficient (Wildman–Crippen LogP) is 1.60. The van der Waals surface area contributed by atoms with Crippen LogP contribution in [0, 0.1) is 17.8 Å². The SMILES string of the molecule is CSCC(C)NC(=O)C1CC(C)CC1C(=O)O. The smallest absolute Gasteiger partial charge is 0.307 e. The number of hydrogen-bond acceptors (Lipinski definition) is 3. The van der Waals surface area contributed by atoms with E-state index in [-0.39, 0.29) is 17.9 Å². The van der Waals surface area contributed by atoms with E-state index in [0.29, 0.717) is 18.8 Å². The van der Waals surface area contributed by atoms with Gasteiger partial charge in [-0.3, -0.25) is 9.59 Å². The average Bonchev–Trinajstić information content (AvgIpc) is 2.60. The lowest BCUT2D eigenvalue weighted by molar-refractivity contribution is -0.146. The number of carboxylic acid groups (broad SMARTS) is 1. The van der Waals surface area contributed by atoms with Gasteiger partial charge in [0.15, 0.2) is 0 Å². The number of hydrogen-bond donors (Lipinski definition) is 2. The molecule has 4 nitrogen and oxygen atoms in total. The third kappa shape index (κ3) is 3.91. The molecular formula is C12H21NO3S. The fourth-order valence-electron chi connectivity index (χ4n) is 2.50. The highest BCUT2D eigenvalue weighted by Gasteiger charge is 2.41. The van der Waals surface area contributed by atoms with Crippen molar-refractivity contribution in [3.63, 3.8) is 0 Å². The molecule has 0 aromatic heterocycles. The van der Waals surface area contributed by atoms with Gasteiger partial charge in [0.25, 0.3) is 0 Å². The van der Waals surface area contributed by atoms with E-state index in [1.165, 1.54) is 0 Å². The van der Waals surface area contributed by atoms with Crippen molar-refractivity contribution in [2.24, 2.45) is 17.8 Å². The van der Waals surface area contributed by atoms with Gasteiger partial charge in [-0.05, 0) is 31.9 Å². The Morgan fingerprint density at radius 1 is 1.41 bits per heavy atom. The molecule has 17 heavy (non-hydrogen) atoms. The summed E-state index contributed by atoms with van der Waals surface area (Å²) in [6.07, 6.45) is 3.29. The van der Waals surface area contributed by atoms with E-state index < -0.39 is 11.9 Å². The Morgan fingerprint density at radius 3 is 2.53 bits per heavy atom. The minimum absolute atomic E-state index is 0.0942. The molecule has 0 saturated heterocycles. The van der Waals surface area contributed by atoms with E-state index in [1.807, 2.05) is 20.1 Å². The van der Waals surface area contributed by atoms with Crippen molar-refractivity contribution in [2.75, 3.05) is 12.0 Å². The van der Waals surface area contributed by atoms with Gasteiger partial charge < -0.3 is 10.4 Å². The Morgan fingerprint density at radius 2 is 2.00 bits per heavy atom. The molecule has 5 heteroatoms. The quantitative estimate of drug-likeness (QED) is 0.787. The Bertz CT molecular complexity index is 295. The van der Waals surface area contributed by atoms with Crippen molar-refractivity contribution in [2.45, 2.75) is 32.7 Å². The van der Waals surface area contributed by atoms with Gasteiger partial charge in [0.05, 0.1) is 11.8 Å². The number of carboxylic acids is 1. The van der Waals surface area contributed by atoms with Gasteiger partial charge in [-0.15, -0.1) is 0 Å². The van der Waals surface area contributed by atoms with E-state index in [0.717, 1.165) is 5.75 Å². The van der Waals surface area contributed by atoms with Gasteiger partial charge >= 0.3 is 5.97 Å². The first kappa shape index (κ1) is 14.4. The van der Waals surface area contributed by atoms with Gasteiger partial charge in [-0.1, -0.05) is 6.92 Å². The number of thioether (sulfide) groups is 1. The van der Waals surface area contributed by atoms with Gasteiger partial charge in [-0.2, -0.15) is 11.8 Å². The fraction of sp³-hybridized carbons (Fsp3) is 0.833. The normalized spacial score (nSPS) is 29.9. The Labute approximate surface area is 107 Å². The van der Waals surface area contributed by atoms with E-state index in [1.54, 1.807) is 11.8 Å². The number of rotatable bonds is 5. The van der Waals surface area contributed by atoms with Crippen LogP contribution < -0.4 is 5.32 Å². The second-order valence-corrected chi connectivity index (χ2v) is 5.90. The van der Waals surface area contributed by atoms with Crippen molar-refractivity contribution in [3.05, 3.63) is 0 Å². The summed E-state index contributed by atoms with van der Waals surface area (Å²) in [6, 6.07) is 0.0999. The van der Waals surface area contributed by atoms with Gasteiger partial charge in [0, 0.05) is 11.8 Å². The zero-order valence-electron chi connectivity index (χ0n) is 10.6. The molecule has 1 aliphatic rings. The van der Waals surface area contributed by atoms with E-state index in [9.17, 15) is 9.59 Å². The first-order valence-electron chi connectivity index (χ1n) is 5.97. The molecule has 0 radical (unpaired) electrons. The summed E-state index contributed by atoms with van der Waals surface area (Å²) in [5, 5.41) is 12.0. The summed E-state index contributed by atoms with van der Waals surface area (Å²) in [4.78, 5) is 23.1. The maximum Gasteiger partial charge on any atom is 0.307 e. The first-order valence-corrected chi connectivity index (χ1v) is 7.37. The average molecular weight is 259 g/mol. The third-order valence-electron chi connectivity index (χ3n) is 3.26. The lowest BCUT2D eigenvalue weighted by Gasteiger charge is -2.19. The summed E-state index contributed by atoms with van der Waals surface area (Å²) < 4.78 is 0. The lowest BCUT2D eigenvalue weighted by atomic mass is 9.95. The summed E-state index contributed by atoms with van der Waals surface area (Å²) in [5.74, 6) is -0.623. The standard InChI is InChI=1S/C12H21NO3S/c1-7-4-9(10(5-7)12(15)16)11(14)13-8(2)6-17-3/h7-10H,4-6H2,1-3H3,(H,13,14)(H,15,16). The first-order chi connectivity index (χ1) is 7.95. The highest BCUT2D eigenvalue weighted by atomic mass is 32.2. The van der Waals surface area contributed by atoms with Gasteiger partial charge in [0.1, 0.15) is 0 Å². The molecule has 1 aliphatic carbocycles. The van der Waals surface area contributed by atoms with Crippen LogP contribution in [-0.4, -0.2) is 35.0 Å². The molecule has 4 unspecified atom stereocenters. The van der Waals surface area contributed by atoms with Crippen LogP contribution in [0.4, 0.5) is 0 Å². The predicted molar refractivity (Wildman–Crippen MR) is 69.0 cm³/mol. The number of aliphatic carboxylic acids is 1. The molecule has 0 aromatic rings. The summed E-state index contributed by atoms with van der Waals surface area (Å²) >= 11 is 1.67. The molecule has 1 amide bonds. The lowest BCUT2D eigenvalue weighted by Crippen LogP contribution is -2.41. The molecule has 0 heterocycles. The Hall–Kier alpha value is -0.710. The molecule has 1 saturated carbocycles. The van der Waals surface area contributed by atoms with Gasteiger partial charge in [-0.25, -0.2) is 0 Å². The van der Waals surface area contributed by atoms with Crippen LogP contribution >= 0.6 is 11.8 Å². The minimum Gasteiger partial charge on any atom is -0.481 e. The van der Waals surface area contributed by atoms with Crippen LogP contribution in [-0.2, 0) is 9.59 Å². The number of carbonyl (C=O) groups is 2. The number of carbonyl (C=O) groups excluding carboxylic acids is 1. The molecule has 4 atom stereocenters. The van der Waals surface area contributed by atoms with Crippen LogP contribution in [0.2, 0.25) is 0 Å². The fourth-order valence-corrected chi connectivity index (χ4v) is 3.08. The van der Waals surface area contributed by atoms with Crippen LogP contribution in [0.3, 0.4) is 0 Å². The highest BCUT2D eigenvalue weighted by molar-refractivity contribution is 7.98. The summed E-state index contributed by atoms with van der Waals surface area (Å²) in [5.41, 5.74) is 0. The molecule has 2 N–H and O–H groups in total. The second kappa shape index (κ2) is 6.28. The Kier molecular flexibility index (Phi) is 5.31. The monoisotopic (exact) mass is 259 g/mol. The van der Waals surface area contributed by atoms with Crippen molar-refractivity contribution in [1.82, 2.24) is 5.32 Å². The zero-order valence-corrected chi connectivity index (χ0v) is 11.4. The van der Waals surface area contributed by atoms with E-state index in [2.05, 4.69) is 5.32 Å². The molecular weight excluding hydrogens is 238 g/mol. The number of amides is 1.